The summed E-state index contributed by atoms with van der Waals surface area (Å²) in [6.07, 6.45) is 1.26. The summed E-state index contributed by atoms with van der Waals surface area (Å²) in [7, 11) is -3.62. The van der Waals surface area contributed by atoms with Crippen molar-refractivity contribution < 1.29 is 17.9 Å². The number of sulfonamides is 1. The Morgan fingerprint density at radius 3 is 2.29 bits per heavy atom. The van der Waals surface area contributed by atoms with E-state index in [2.05, 4.69) is 5.32 Å². The number of amides is 1. The van der Waals surface area contributed by atoms with Crippen LogP contribution in [0.5, 0.6) is 11.5 Å². The van der Waals surface area contributed by atoms with Crippen molar-refractivity contribution >= 4 is 21.6 Å². The molecule has 1 amide bonds. The van der Waals surface area contributed by atoms with Crippen LogP contribution in [0.2, 0.25) is 0 Å². The molecule has 0 bridgehead atoms. The number of carbonyl (C=O) groups excluding carboxylic acids is 1. The maximum atomic E-state index is 13.0. The number of rotatable bonds is 6. The minimum Gasteiger partial charge on any atom is -0.455 e. The molecule has 0 unspecified atom stereocenters. The molecule has 1 aliphatic rings. The van der Waals surface area contributed by atoms with Gasteiger partial charge in [0.25, 0.3) is 0 Å². The molecule has 1 aliphatic heterocycles. The standard InChI is InChI=1S/C24H24N2O4S/c27-24(25-22-15-7-8-16-23(22)30-20-11-3-1-4-12-20)19-10-9-17-26(18-19)31(28,29)21-13-5-2-6-14-21/h1-8,11-16,19H,9-10,17-18H2,(H,25,27)/t19-/m1/s1. The molecule has 0 saturated carbocycles. The molecule has 0 aromatic heterocycles. The molecule has 31 heavy (non-hydrogen) atoms. The first kappa shape index (κ1) is 21.1. The van der Waals surface area contributed by atoms with Crippen molar-refractivity contribution in [3.8, 4) is 11.5 Å². The lowest BCUT2D eigenvalue weighted by atomic mass is 9.98. The van der Waals surface area contributed by atoms with Crippen molar-refractivity contribution in [3.63, 3.8) is 0 Å². The normalized spacial score (nSPS) is 17.1. The molecule has 7 heteroatoms. The molecule has 1 fully saturated rings. The minimum atomic E-state index is -3.62. The Morgan fingerprint density at radius 2 is 1.55 bits per heavy atom. The van der Waals surface area contributed by atoms with E-state index in [1.54, 1.807) is 42.5 Å². The van der Waals surface area contributed by atoms with Crippen molar-refractivity contribution in [1.29, 1.82) is 0 Å². The number of nitrogens with one attached hydrogen (secondary N) is 1. The predicted molar refractivity (Wildman–Crippen MR) is 120 cm³/mol. The Balaban J connectivity index is 1.47. The van der Waals surface area contributed by atoms with E-state index in [0.29, 0.717) is 36.6 Å². The highest BCUT2D eigenvalue weighted by Gasteiger charge is 2.33. The Labute approximate surface area is 182 Å². The molecule has 160 valence electrons. The van der Waals surface area contributed by atoms with E-state index < -0.39 is 15.9 Å². The molecular weight excluding hydrogens is 412 g/mol. The van der Waals surface area contributed by atoms with Crippen molar-refractivity contribution in [3.05, 3.63) is 84.9 Å². The summed E-state index contributed by atoms with van der Waals surface area (Å²) in [5.41, 5.74) is 0.555. The van der Waals surface area contributed by atoms with Gasteiger partial charge in [-0.1, -0.05) is 48.5 Å². The van der Waals surface area contributed by atoms with E-state index in [-0.39, 0.29) is 17.3 Å². The minimum absolute atomic E-state index is 0.158. The van der Waals surface area contributed by atoms with Crippen molar-refractivity contribution in [1.82, 2.24) is 4.31 Å². The highest BCUT2D eigenvalue weighted by Crippen LogP contribution is 2.31. The number of ether oxygens (including phenoxy) is 1. The van der Waals surface area contributed by atoms with Crippen LogP contribution < -0.4 is 10.1 Å². The topological polar surface area (TPSA) is 75.7 Å². The van der Waals surface area contributed by atoms with Crippen LogP contribution in [0.3, 0.4) is 0 Å². The van der Waals surface area contributed by atoms with Crippen LogP contribution >= 0.6 is 0 Å². The Kier molecular flexibility index (Phi) is 6.34. The zero-order chi connectivity index (χ0) is 21.7. The molecule has 1 atom stereocenters. The average molecular weight is 437 g/mol. The van der Waals surface area contributed by atoms with E-state index in [9.17, 15) is 13.2 Å². The Morgan fingerprint density at radius 1 is 0.903 bits per heavy atom. The molecule has 1 N–H and O–H groups in total. The van der Waals surface area contributed by atoms with E-state index >= 15 is 0 Å². The average Bonchev–Trinajstić information content (AvgIpc) is 2.81. The number of hydrogen-bond acceptors (Lipinski definition) is 4. The van der Waals surface area contributed by atoms with Gasteiger partial charge in [-0.2, -0.15) is 4.31 Å². The molecule has 0 aliphatic carbocycles. The van der Waals surface area contributed by atoms with Crippen LogP contribution in [-0.4, -0.2) is 31.7 Å². The number of anilines is 1. The van der Waals surface area contributed by atoms with Gasteiger partial charge in [-0.15, -0.1) is 0 Å². The summed E-state index contributed by atoms with van der Waals surface area (Å²) in [5, 5.41) is 2.93. The zero-order valence-electron chi connectivity index (χ0n) is 17.0. The summed E-state index contributed by atoms with van der Waals surface area (Å²) >= 11 is 0. The summed E-state index contributed by atoms with van der Waals surface area (Å²) in [4.78, 5) is 13.2. The third kappa shape index (κ3) is 4.95. The zero-order valence-corrected chi connectivity index (χ0v) is 17.8. The summed E-state index contributed by atoms with van der Waals surface area (Å²) in [6, 6.07) is 24.9. The van der Waals surface area contributed by atoms with Crippen LogP contribution in [-0.2, 0) is 14.8 Å². The number of benzene rings is 3. The first-order valence-electron chi connectivity index (χ1n) is 10.2. The van der Waals surface area contributed by atoms with Gasteiger partial charge in [0.05, 0.1) is 16.5 Å². The molecule has 1 saturated heterocycles. The maximum Gasteiger partial charge on any atom is 0.243 e. The van der Waals surface area contributed by atoms with Crippen LogP contribution in [0.4, 0.5) is 5.69 Å². The van der Waals surface area contributed by atoms with Gasteiger partial charge in [0, 0.05) is 13.1 Å². The van der Waals surface area contributed by atoms with E-state index in [0.717, 1.165) is 0 Å². The Bertz CT molecular complexity index is 1130. The van der Waals surface area contributed by atoms with Crippen LogP contribution in [0.25, 0.3) is 0 Å². The van der Waals surface area contributed by atoms with Crippen LogP contribution in [0.15, 0.2) is 89.8 Å². The van der Waals surface area contributed by atoms with Gasteiger partial charge < -0.3 is 10.1 Å². The van der Waals surface area contributed by atoms with Crippen molar-refractivity contribution in [2.75, 3.05) is 18.4 Å². The van der Waals surface area contributed by atoms with Crippen molar-refractivity contribution in [2.45, 2.75) is 17.7 Å². The first-order chi connectivity index (χ1) is 15.0. The second kappa shape index (κ2) is 9.32. The van der Waals surface area contributed by atoms with Gasteiger partial charge in [-0.05, 0) is 49.2 Å². The second-order valence-corrected chi connectivity index (χ2v) is 9.35. The highest BCUT2D eigenvalue weighted by atomic mass is 32.2. The Hall–Kier alpha value is -3.16. The third-order valence-corrected chi connectivity index (χ3v) is 7.13. The number of nitrogens with zero attached hydrogens (tertiary/aromatic N) is 1. The SMILES string of the molecule is O=C(Nc1ccccc1Oc1ccccc1)[C@@H]1CCCN(S(=O)(=O)c2ccccc2)C1. The lowest BCUT2D eigenvalue weighted by Crippen LogP contribution is -2.43. The fraction of sp³-hybridized carbons (Fsp3) is 0.208. The fourth-order valence-electron chi connectivity index (χ4n) is 3.63. The van der Waals surface area contributed by atoms with Gasteiger partial charge in [0.1, 0.15) is 5.75 Å². The first-order valence-corrected chi connectivity index (χ1v) is 11.7. The van der Waals surface area contributed by atoms with Gasteiger partial charge >= 0.3 is 0 Å². The summed E-state index contributed by atoms with van der Waals surface area (Å²) in [5.74, 6) is 0.558. The summed E-state index contributed by atoms with van der Waals surface area (Å²) < 4.78 is 33.2. The molecule has 3 aromatic rings. The largest absolute Gasteiger partial charge is 0.455 e. The van der Waals surface area contributed by atoms with Gasteiger partial charge in [-0.25, -0.2) is 8.42 Å². The molecule has 0 spiro atoms. The molecule has 1 heterocycles. The lowest BCUT2D eigenvalue weighted by molar-refractivity contribution is -0.120. The van der Waals surface area contributed by atoms with Crippen LogP contribution in [0.1, 0.15) is 12.8 Å². The molecule has 6 nitrogen and oxygen atoms in total. The van der Waals surface area contributed by atoms with E-state index in [4.69, 9.17) is 4.74 Å². The number of para-hydroxylation sites is 3. The molecule has 3 aromatic carbocycles. The molecular formula is C24H24N2O4S. The third-order valence-electron chi connectivity index (χ3n) is 5.25. The monoisotopic (exact) mass is 436 g/mol. The fourth-order valence-corrected chi connectivity index (χ4v) is 5.17. The molecule has 4 rings (SSSR count). The second-order valence-electron chi connectivity index (χ2n) is 7.42. The van der Waals surface area contributed by atoms with Gasteiger partial charge in [-0.3, -0.25) is 4.79 Å². The highest BCUT2D eigenvalue weighted by molar-refractivity contribution is 7.89. The van der Waals surface area contributed by atoms with E-state index in [1.807, 2.05) is 42.5 Å². The predicted octanol–water partition coefficient (Wildman–Crippen LogP) is 4.52. The van der Waals surface area contributed by atoms with Crippen molar-refractivity contribution in [2.24, 2.45) is 5.92 Å². The maximum absolute atomic E-state index is 13.0. The molecule has 0 radical (unpaired) electrons. The van der Waals surface area contributed by atoms with E-state index in [1.165, 1.54) is 4.31 Å². The van der Waals surface area contributed by atoms with Crippen LogP contribution in [0, 0.1) is 5.92 Å². The number of piperidine rings is 1. The van der Waals surface area contributed by atoms with Gasteiger partial charge in [0.15, 0.2) is 5.75 Å². The number of hydrogen-bond donors (Lipinski definition) is 1. The lowest BCUT2D eigenvalue weighted by Gasteiger charge is -2.31. The quantitative estimate of drug-likeness (QED) is 0.617. The summed E-state index contributed by atoms with van der Waals surface area (Å²) in [6.45, 7) is 0.569. The smallest absolute Gasteiger partial charge is 0.243 e. The number of carbonyl (C=O) groups is 1. The van der Waals surface area contributed by atoms with Gasteiger partial charge in [0.2, 0.25) is 15.9 Å².